The number of rotatable bonds is 7. The highest BCUT2D eigenvalue weighted by Gasteiger charge is 2.13. The van der Waals surface area contributed by atoms with Gasteiger partial charge in [-0.3, -0.25) is 9.59 Å². The van der Waals surface area contributed by atoms with E-state index in [0.29, 0.717) is 13.0 Å². The minimum absolute atomic E-state index is 0.0806. The van der Waals surface area contributed by atoms with Crippen LogP contribution in [0, 0.1) is 5.92 Å². The number of aliphatic hydroxyl groups is 1. The fourth-order valence-electron chi connectivity index (χ4n) is 1.80. The van der Waals surface area contributed by atoms with Crippen LogP contribution < -0.4 is 10.6 Å². The second-order valence-electron chi connectivity index (χ2n) is 5.49. The molecule has 0 saturated heterocycles. The predicted octanol–water partition coefficient (Wildman–Crippen LogP) is 1.71. The van der Waals surface area contributed by atoms with Gasteiger partial charge in [-0.2, -0.15) is 0 Å². The zero-order valence-electron chi connectivity index (χ0n) is 12.8. The van der Waals surface area contributed by atoms with E-state index in [0.717, 1.165) is 11.3 Å². The van der Waals surface area contributed by atoms with Crippen molar-refractivity contribution in [1.82, 2.24) is 5.32 Å². The van der Waals surface area contributed by atoms with Gasteiger partial charge in [0.1, 0.15) is 0 Å². The molecular formula is C16H24N2O3. The molecule has 0 aromatic heterocycles. The monoisotopic (exact) mass is 292 g/mol. The Balaban J connectivity index is 2.32. The minimum atomic E-state index is -0.595. The van der Waals surface area contributed by atoms with E-state index in [-0.39, 0.29) is 24.2 Å². The summed E-state index contributed by atoms with van der Waals surface area (Å²) in [4.78, 5) is 22.5. The fourth-order valence-corrected chi connectivity index (χ4v) is 1.80. The Hall–Kier alpha value is -1.88. The number of hydrogen-bond donors (Lipinski definition) is 3. The Labute approximate surface area is 125 Å². The van der Waals surface area contributed by atoms with E-state index in [2.05, 4.69) is 10.6 Å². The average Bonchev–Trinajstić information content (AvgIpc) is 2.40. The molecule has 5 nitrogen and oxygen atoms in total. The number of aliphatic hydroxyl groups excluding tert-OH is 1. The van der Waals surface area contributed by atoms with Crippen molar-refractivity contribution in [2.24, 2.45) is 5.92 Å². The van der Waals surface area contributed by atoms with E-state index in [4.69, 9.17) is 0 Å². The third-order valence-electron chi connectivity index (χ3n) is 3.17. The minimum Gasteiger partial charge on any atom is -0.392 e. The van der Waals surface area contributed by atoms with Crippen LogP contribution in [-0.4, -0.2) is 29.6 Å². The lowest BCUT2D eigenvalue weighted by molar-refractivity contribution is -0.123. The second-order valence-corrected chi connectivity index (χ2v) is 5.49. The molecule has 1 aromatic carbocycles. The van der Waals surface area contributed by atoms with E-state index in [9.17, 15) is 14.7 Å². The molecule has 5 heteroatoms. The molecule has 0 aliphatic heterocycles. The van der Waals surface area contributed by atoms with Gasteiger partial charge >= 0.3 is 0 Å². The number of amides is 2. The zero-order chi connectivity index (χ0) is 15.8. The summed E-state index contributed by atoms with van der Waals surface area (Å²) in [5, 5.41) is 15.1. The van der Waals surface area contributed by atoms with Gasteiger partial charge in [0, 0.05) is 19.2 Å². The molecule has 0 fully saturated rings. The van der Waals surface area contributed by atoms with Crippen LogP contribution in [0.4, 0.5) is 5.69 Å². The van der Waals surface area contributed by atoms with E-state index in [1.165, 1.54) is 6.92 Å². The van der Waals surface area contributed by atoms with E-state index in [1.54, 1.807) is 0 Å². The summed E-state index contributed by atoms with van der Waals surface area (Å²) in [6.07, 6.45) is 0.255. The van der Waals surface area contributed by atoms with Crippen molar-refractivity contribution < 1.29 is 14.7 Å². The van der Waals surface area contributed by atoms with E-state index in [1.807, 2.05) is 38.1 Å². The molecule has 0 heterocycles. The molecule has 0 radical (unpaired) electrons. The predicted molar refractivity (Wildman–Crippen MR) is 82.9 cm³/mol. The van der Waals surface area contributed by atoms with Crippen molar-refractivity contribution in [3.8, 4) is 0 Å². The van der Waals surface area contributed by atoms with Gasteiger partial charge in [-0.25, -0.2) is 0 Å². The standard InChI is InChI=1S/C16H24N2O3/c1-11(2)15(20)10-16(21)17-9-8-13-4-6-14(7-5-13)18-12(3)19/h4-7,11,15,20H,8-10H2,1-3H3,(H,17,21)(H,18,19). The maximum absolute atomic E-state index is 11.6. The highest BCUT2D eigenvalue weighted by atomic mass is 16.3. The number of carbonyl (C=O) groups is 2. The molecule has 1 rings (SSSR count). The van der Waals surface area contributed by atoms with E-state index >= 15 is 0 Å². The average molecular weight is 292 g/mol. The largest absolute Gasteiger partial charge is 0.392 e. The quantitative estimate of drug-likeness (QED) is 0.716. The molecule has 1 atom stereocenters. The molecule has 116 valence electrons. The highest BCUT2D eigenvalue weighted by Crippen LogP contribution is 2.10. The number of nitrogens with one attached hydrogen (secondary N) is 2. The number of benzene rings is 1. The van der Waals surface area contributed by atoms with Crippen LogP contribution in [0.3, 0.4) is 0 Å². The highest BCUT2D eigenvalue weighted by molar-refractivity contribution is 5.88. The number of hydrogen-bond acceptors (Lipinski definition) is 3. The summed E-state index contributed by atoms with van der Waals surface area (Å²) in [6.45, 7) is 5.77. The van der Waals surface area contributed by atoms with Crippen molar-refractivity contribution in [3.63, 3.8) is 0 Å². The summed E-state index contributed by atoms with van der Waals surface area (Å²) in [5.74, 6) is -0.151. The molecule has 0 saturated carbocycles. The Morgan fingerprint density at radius 2 is 1.81 bits per heavy atom. The number of carbonyl (C=O) groups excluding carboxylic acids is 2. The van der Waals surface area contributed by atoms with Gasteiger partial charge in [0.25, 0.3) is 0 Å². The third-order valence-corrected chi connectivity index (χ3v) is 3.17. The van der Waals surface area contributed by atoms with Crippen LogP contribution in [0.2, 0.25) is 0 Å². The molecule has 21 heavy (non-hydrogen) atoms. The molecule has 2 amide bonds. The third kappa shape index (κ3) is 6.90. The van der Waals surface area contributed by atoms with Gasteiger partial charge < -0.3 is 15.7 Å². The van der Waals surface area contributed by atoms with Crippen molar-refractivity contribution >= 4 is 17.5 Å². The second kappa shape index (κ2) is 8.42. The maximum Gasteiger partial charge on any atom is 0.222 e. The fraction of sp³-hybridized carbons (Fsp3) is 0.500. The molecule has 1 unspecified atom stereocenters. The van der Waals surface area contributed by atoms with Crippen LogP contribution in [0.1, 0.15) is 32.8 Å². The summed E-state index contributed by atoms with van der Waals surface area (Å²) >= 11 is 0. The number of anilines is 1. The lowest BCUT2D eigenvalue weighted by Crippen LogP contribution is -2.30. The van der Waals surface area contributed by atoms with Crippen molar-refractivity contribution in [2.45, 2.75) is 39.7 Å². The Morgan fingerprint density at radius 1 is 1.19 bits per heavy atom. The zero-order valence-corrected chi connectivity index (χ0v) is 12.8. The summed E-state index contributed by atoms with van der Waals surface area (Å²) in [7, 11) is 0. The molecule has 3 N–H and O–H groups in total. The molecule has 0 spiro atoms. The molecule has 1 aromatic rings. The SMILES string of the molecule is CC(=O)Nc1ccc(CCNC(=O)CC(O)C(C)C)cc1. The van der Waals surface area contributed by atoms with Crippen molar-refractivity contribution in [2.75, 3.05) is 11.9 Å². The lowest BCUT2D eigenvalue weighted by atomic mass is 10.0. The summed E-state index contributed by atoms with van der Waals surface area (Å²) in [5.41, 5.74) is 1.84. The summed E-state index contributed by atoms with van der Waals surface area (Å²) < 4.78 is 0. The molecular weight excluding hydrogens is 268 g/mol. The van der Waals surface area contributed by atoms with Gasteiger partial charge in [0.2, 0.25) is 11.8 Å². The van der Waals surface area contributed by atoms with Crippen LogP contribution in [0.15, 0.2) is 24.3 Å². The van der Waals surface area contributed by atoms with Crippen LogP contribution >= 0.6 is 0 Å². The summed E-state index contributed by atoms with van der Waals surface area (Å²) in [6, 6.07) is 7.50. The molecule has 0 aliphatic rings. The van der Waals surface area contributed by atoms with Gasteiger partial charge in [0.15, 0.2) is 0 Å². The Kier molecular flexibility index (Phi) is 6.88. The first-order valence-electron chi connectivity index (χ1n) is 7.19. The first-order valence-corrected chi connectivity index (χ1v) is 7.19. The van der Waals surface area contributed by atoms with Crippen molar-refractivity contribution in [3.05, 3.63) is 29.8 Å². The van der Waals surface area contributed by atoms with Crippen LogP contribution in [0.25, 0.3) is 0 Å². The smallest absolute Gasteiger partial charge is 0.222 e. The molecule has 0 aliphatic carbocycles. The normalized spacial score (nSPS) is 12.0. The maximum atomic E-state index is 11.6. The van der Waals surface area contributed by atoms with Crippen LogP contribution in [-0.2, 0) is 16.0 Å². The topological polar surface area (TPSA) is 78.4 Å². The van der Waals surface area contributed by atoms with E-state index < -0.39 is 6.10 Å². The van der Waals surface area contributed by atoms with Crippen molar-refractivity contribution in [1.29, 1.82) is 0 Å². The first kappa shape index (κ1) is 17.2. The Bertz CT molecular complexity index is 469. The van der Waals surface area contributed by atoms with Crippen LogP contribution in [0.5, 0.6) is 0 Å². The van der Waals surface area contributed by atoms with Gasteiger partial charge in [0.05, 0.1) is 12.5 Å². The first-order chi connectivity index (χ1) is 9.88. The lowest BCUT2D eigenvalue weighted by Gasteiger charge is -2.14. The van der Waals surface area contributed by atoms with Gasteiger partial charge in [-0.05, 0) is 30.0 Å². The van der Waals surface area contributed by atoms with Gasteiger partial charge in [-0.15, -0.1) is 0 Å². The van der Waals surface area contributed by atoms with Gasteiger partial charge in [-0.1, -0.05) is 26.0 Å². The molecule has 0 bridgehead atoms. The Morgan fingerprint density at radius 3 is 2.33 bits per heavy atom.